The number of hydrogen-bond donors (Lipinski definition) is 2. The number of hydrogen-bond acceptors (Lipinski definition) is 6. The van der Waals surface area contributed by atoms with E-state index in [0.717, 1.165) is 35.4 Å². The Balaban J connectivity index is 1.99. The molecule has 3 N–H and O–H groups in total. The Morgan fingerprint density at radius 2 is 2.15 bits per heavy atom. The smallest absolute Gasteiger partial charge is 0.223 e. The Hall–Kier alpha value is -1.01. The molecule has 0 aromatic carbocycles. The number of thiophene rings is 1. The van der Waals surface area contributed by atoms with Crippen molar-refractivity contribution in [1.82, 2.24) is 9.97 Å². The summed E-state index contributed by atoms with van der Waals surface area (Å²) < 4.78 is 0. The number of unbranched alkanes of at least 4 members (excludes halogenated alkanes) is 2. The lowest BCUT2D eigenvalue weighted by molar-refractivity contribution is 0.748. The van der Waals surface area contributed by atoms with Crippen molar-refractivity contribution < 1.29 is 0 Å². The summed E-state index contributed by atoms with van der Waals surface area (Å²) in [5, 5.41) is 4.51. The summed E-state index contributed by atoms with van der Waals surface area (Å²) in [6, 6.07) is 2.18. The molecule has 0 atom stereocenters. The van der Waals surface area contributed by atoms with Gasteiger partial charge in [0.2, 0.25) is 5.95 Å². The fourth-order valence-electron chi connectivity index (χ4n) is 2.05. The van der Waals surface area contributed by atoms with Gasteiger partial charge in [0.25, 0.3) is 0 Å². The van der Waals surface area contributed by atoms with Crippen LogP contribution in [0.2, 0.25) is 0 Å². The first-order chi connectivity index (χ1) is 9.74. The van der Waals surface area contributed by atoms with E-state index in [4.69, 9.17) is 5.73 Å². The van der Waals surface area contributed by atoms with Crippen molar-refractivity contribution in [2.24, 2.45) is 0 Å². The number of aromatic nitrogens is 2. The summed E-state index contributed by atoms with van der Waals surface area (Å²) in [4.78, 5) is 11.0. The molecule has 2 aromatic heterocycles. The average molecular weight is 310 g/mol. The fourth-order valence-corrected chi connectivity index (χ4v) is 3.52. The van der Waals surface area contributed by atoms with Crippen LogP contribution in [-0.4, -0.2) is 28.5 Å². The molecule has 0 aliphatic carbocycles. The first-order valence-electron chi connectivity index (χ1n) is 7.03. The van der Waals surface area contributed by atoms with E-state index in [9.17, 15) is 0 Å². The number of rotatable bonds is 8. The van der Waals surface area contributed by atoms with Gasteiger partial charge in [0.15, 0.2) is 0 Å². The lowest BCUT2D eigenvalue weighted by atomic mass is 10.2. The zero-order valence-corrected chi connectivity index (χ0v) is 13.7. The Labute approximate surface area is 128 Å². The molecule has 0 unspecified atom stereocenters. The van der Waals surface area contributed by atoms with Gasteiger partial charge in [0.05, 0.1) is 5.39 Å². The minimum absolute atomic E-state index is 0.354. The van der Waals surface area contributed by atoms with E-state index in [0.29, 0.717) is 5.95 Å². The fraction of sp³-hybridized carbons (Fsp3) is 0.571. The highest BCUT2D eigenvalue weighted by atomic mass is 32.2. The molecule has 20 heavy (non-hydrogen) atoms. The molecule has 0 amide bonds. The summed E-state index contributed by atoms with van der Waals surface area (Å²) in [6.45, 7) is 3.09. The minimum atomic E-state index is 0.354. The summed E-state index contributed by atoms with van der Waals surface area (Å²) in [6.07, 6.45) is 6.87. The molecule has 0 spiro atoms. The third-order valence-electron chi connectivity index (χ3n) is 3.13. The van der Waals surface area contributed by atoms with E-state index < -0.39 is 0 Å². The zero-order valence-electron chi connectivity index (χ0n) is 12.1. The third kappa shape index (κ3) is 3.99. The number of nitrogens with one attached hydrogen (secondary N) is 1. The Morgan fingerprint density at radius 3 is 2.90 bits per heavy atom. The topological polar surface area (TPSA) is 63.8 Å². The Bertz CT molecular complexity index is 553. The number of nitrogens with zero attached hydrogens (tertiary/aromatic N) is 2. The quantitative estimate of drug-likeness (QED) is 0.726. The van der Waals surface area contributed by atoms with Gasteiger partial charge < -0.3 is 11.1 Å². The summed E-state index contributed by atoms with van der Waals surface area (Å²) in [5.74, 6) is 2.48. The zero-order chi connectivity index (χ0) is 14.4. The van der Waals surface area contributed by atoms with Crippen LogP contribution in [0.3, 0.4) is 0 Å². The molecular weight excluding hydrogens is 288 g/mol. The number of fused-ring (bicyclic) bond motifs is 1. The molecule has 4 nitrogen and oxygen atoms in total. The van der Waals surface area contributed by atoms with Crippen LogP contribution in [0.25, 0.3) is 10.2 Å². The molecule has 0 radical (unpaired) electrons. The maximum Gasteiger partial charge on any atom is 0.223 e. The normalized spacial score (nSPS) is 11.1. The van der Waals surface area contributed by atoms with E-state index in [1.54, 1.807) is 11.3 Å². The number of nitrogens with two attached hydrogens (primary N) is 1. The molecule has 0 bridgehead atoms. The Morgan fingerprint density at radius 1 is 1.30 bits per heavy atom. The van der Waals surface area contributed by atoms with Crippen molar-refractivity contribution in [1.29, 1.82) is 0 Å². The van der Waals surface area contributed by atoms with E-state index in [1.807, 2.05) is 11.8 Å². The third-order valence-corrected chi connectivity index (χ3v) is 5.00. The van der Waals surface area contributed by atoms with Gasteiger partial charge in [-0.1, -0.05) is 13.3 Å². The predicted octanol–water partition coefficient (Wildman–Crippen LogP) is 3.78. The molecule has 0 aliphatic heterocycles. The van der Waals surface area contributed by atoms with Gasteiger partial charge in [0, 0.05) is 11.4 Å². The standard InChI is InChI=1S/C14H22N4S2/c1-3-10-9-11-12(16-7-5-4-6-8-19-2)17-14(15)18-13(11)20-10/h9H,3-8H2,1-2H3,(H3,15,16,17,18). The maximum absolute atomic E-state index is 5.79. The van der Waals surface area contributed by atoms with Crippen molar-refractivity contribution >= 4 is 45.1 Å². The molecule has 110 valence electrons. The SMILES string of the molecule is CCc1cc2c(NCCCCCSC)nc(N)nc2s1. The highest BCUT2D eigenvalue weighted by Crippen LogP contribution is 2.29. The highest BCUT2D eigenvalue weighted by Gasteiger charge is 2.09. The monoisotopic (exact) mass is 310 g/mol. The van der Waals surface area contributed by atoms with Gasteiger partial charge in [-0.3, -0.25) is 0 Å². The molecule has 2 aromatic rings. The number of nitrogen functional groups attached to an aromatic ring is 1. The molecule has 0 fully saturated rings. The van der Waals surface area contributed by atoms with E-state index in [-0.39, 0.29) is 0 Å². The average Bonchev–Trinajstić information content (AvgIpc) is 2.85. The van der Waals surface area contributed by atoms with Gasteiger partial charge in [-0.05, 0) is 37.3 Å². The van der Waals surface area contributed by atoms with Gasteiger partial charge in [-0.25, -0.2) is 4.98 Å². The van der Waals surface area contributed by atoms with Gasteiger partial charge in [0.1, 0.15) is 10.6 Å². The molecule has 6 heteroatoms. The van der Waals surface area contributed by atoms with Crippen LogP contribution in [-0.2, 0) is 6.42 Å². The van der Waals surface area contributed by atoms with Crippen molar-refractivity contribution in [2.75, 3.05) is 29.6 Å². The molecule has 0 saturated heterocycles. The van der Waals surface area contributed by atoms with Crippen LogP contribution in [0.1, 0.15) is 31.1 Å². The maximum atomic E-state index is 5.79. The second kappa shape index (κ2) is 7.69. The molecule has 0 aliphatic rings. The van der Waals surface area contributed by atoms with Crippen LogP contribution < -0.4 is 11.1 Å². The van der Waals surface area contributed by atoms with Crippen LogP contribution in [0, 0.1) is 0 Å². The van der Waals surface area contributed by atoms with Gasteiger partial charge >= 0.3 is 0 Å². The predicted molar refractivity (Wildman–Crippen MR) is 91.9 cm³/mol. The highest BCUT2D eigenvalue weighted by molar-refractivity contribution is 7.98. The second-order valence-electron chi connectivity index (χ2n) is 4.70. The van der Waals surface area contributed by atoms with Crippen molar-refractivity contribution in [3.63, 3.8) is 0 Å². The van der Waals surface area contributed by atoms with Crippen molar-refractivity contribution in [3.05, 3.63) is 10.9 Å². The van der Waals surface area contributed by atoms with Crippen LogP contribution >= 0.6 is 23.1 Å². The van der Waals surface area contributed by atoms with Crippen molar-refractivity contribution in [3.8, 4) is 0 Å². The van der Waals surface area contributed by atoms with Crippen LogP contribution in [0.5, 0.6) is 0 Å². The van der Waals surface area contributed by atoms with Crippen molar-refractivity contribution in [2.45, 2.75) is 32.6 Å². The first-order valence-corrected chi connectivity index (χ1v) is 9.24. The molecular formula is C14H22N4S2. The van der Waals surface area contributed by atoms with Crippen LogP contribution in [0.15, 0.2) is 6.07 Å². The number of anilines is 2. The summed E-state index contributed by atoms with van der Waals surface area (Å²) >= 11 is 3.61. The summed E-state index contributed by atoms with van der Waals surface area (Å²) in [5.41, 5.74) is 5.79. The van der Waals surface area contributed by atoms with E-state index in [1.165, 1.54) is 23.5 Å². The molecule has 2 heterocycles. The second-order valence-corrected chi connectivity index (χ2v) is 6.80. The van der Waals surface area contributed by atoms with E-state index in [2.05, 4.69) is 34.5 Å². The first kappa shape index (κ1) is 15.4. The van der Waals surface area contributed by atoms with Gasteiger partial charge in [-0.15, -0.1) is 11.3 Å². The largest absolute Gasteiger partial charge is 0.369 e. The lowest BCUT2D eigenvalue weighted by Crippen LogP contribution is -2.06. The lowest BCUT2D eigenvalue weighted by Gasteiger charge is -2.07. The molecule has 2 rings (SSSR count). The number of aryl methyl sites for hydroxylation is 1. The molecule has 0 saturated carbocycles. The number of thioether (sulfide) groups is 1. The van der Waals surface area contributed by atoms with Crippen LogP contribution in [0.4, 0.5) is 11.8 Å². The van der Waals surface area contributed by atoms with Gasteiger partial charge in [-0.2, -0.15) is 16.7 Å². The summed E-state index contributed by atoms with van der Waals surface area (Å²) in [7, 11) is 0. The Kier molecular flexibility index (Phi) is 5.91. The minimum Gasteiger partial charge on any atom is -0.369 e. The van der Waals surface area contributed by atoms with E-state index >= 15 is 0 Å².